The number of fused-ring (bicyclic) bond motifs is 6. The molecule has 0 saturated carbocycles. The van der Waals surface area contributed by atoms with Crippen LogP contribution in [0.25, 0.3) is 61.2 Å². The maximum Gasteiger partial charge on any atom is 0.0569 e. The average Bonchev–Trinajstić information content (AvgIpc) is 3.80. The van der Waals surface area contributed by atoms with Crippen LogP contribution in [0.4, 0.5) is 0 Å². The minimum absolute atomic E-state index is 0.0443. The van der Waals surface area contributed by atoms with Crippen molar-refractivity contribution in [3.63, 3.8) is 0 Å². The first kappa shape index (κ1) is 33.7. The molecule has 0 amide bonds. The van der Waals surface area contributed by atoms with Gasteiger partial charge in [0.25, 0.3) is 0 Å². The quantitative estimate of drug-likeness (QED) is 0.161. The monoisotopic (exact) mass is 732 g/mol. The first-order valence-electron chi connectivity index (χ1n) is 20.4. The summed E-state index contributed by atoms with van der Waals surface area (Å²) in [7, 11) is 0. The Balaban J connectivity index is 1.04. The van der Waals surface area contributed by atoms with Gasteiger partial charge in [0.2, 0.25) is 0 Å². The van der Waals surface area contributed by atoms with Gasteiger partial charge in [-0.1, -0.05) is 171 Å². The van der Waals surface area contributed by atoms with Crippen LogP contribution in [0.1, 0.15) is 54.1 Å². The summed E-state index contributed by atoms with van der Waals surface area (Å²) in [5, 5.41) is 3.95. The van der Waals surface area contributed by atoms with E-state index in [4.69, 9.17) is 0 Å². The zero-order valence-electron chi connectivity index (χ0n) is 32.2. The van der Waals surface area contributed by atoms with Crippen LogP contribution in [-0.4, -0.2) is 9.13 Å². The van der Waals surface area contributed by atoms with Crippen molar-refractivity contribution in [3.8, 4) is 16.8 Å². The second-order valence-electron chi connectivity index (χ2n) is 16.2. The molecule has 57 heavy (non-hydrogen) atoms. The van der Waals surface area contributed by atoms with Crippen LogP contribution in [0, 0.1) is 5.41 Å². The Morgan fingerprint density at radius 1 is 0.614 bits per heavy atom. The molecule has 11 rings (SSSR count). The highest BCUT2D eigenvalue weighted by molar-refractivity contribution is 6.16. The predicted octanol–water partition coefficient (Wildman–Crippen LogP) is 14.2. The molecule has 0 aliphatic heterocycles. The van der Waals surface area contributed by atoms with Gasteiger partial charge in [0.05, 0.1) is 17.1 Å². The third kappa shape index (κ3) is 5.54. The van der Waals surface area contributed by atoms with Gasteiger partial charge >= 0.3 is 0 Å². The number of nitrogens with zero attached hydrogens (tertiary/aromatic N) is 2. The van der Waals surface area contributed by atoms with Crippen molar-refractivity contribution in [2.45, 2.75) is 38.1 Å². The van der Waals surface area contributed by atoms with Crippen LogP contribution in [-0.2, 0) is 6.42 Å². The van der Waals surface area contributed by atoms with Crippen molar-refractivity contribution in [1.29, 1.82) is 0 Å². The fourth-order valence-corrected chi connectivity index (χ4v) is 10.1. The lowest BCUT2D eigenvalue weighted by Crippen LogP contribution is -2.22. The summed E-state index contributed by atoms with van der Waals surface area (Å²) in [5.41, 5.74) is 15.8. The Bertz CT molecular complexity index is 3000. The topological polar surface area (TPSA) is 9.86 Å². The third-order valence-corrected chi connectivity index (χ3v) is 12.8. The van der Waals surface area contributed by atoms with E-state index in [0.29, 0.717) is 0 Å². The van der Waals surface area contributed by atoms with E-state index in [1.54, 1.807) is 0 Å². The standard InChI is InChI=1S/C55H44N2/c1-55(32-15-4-16-33-55)41-34-40(38-18-5-2-6-19-38)35-43(37-41)57-50-27-13-11-24-46(50)49-36-39(30-31-52(49)57)44-22-9-10-23-45(44)47-26-17-29-53-54(47)48-25-12-14-28-51(48)56(53)42-20-7-3-8-21-42/h2-32,34,37,39,43H,33,35-36H2,1H3/t39-,43?,55?/m1/s1. The van der Waals surface area contributed by atoms with Crippen LogP contribution in [0.5, 0.6) is 0 Å². The van der Waals surface area contributed by atoms with E-state index >= 15 is 0 Å². The number of hydrogen-bond donors (Lipinski definition) is 0. The summed E-state index contributed by atoms with van der Waals surface area (Å²) in [6.45, 7) is 2.39. The molecule has 0 spiro atoms. The normalized spacial score (nSPS) is 20.2. The van der Waals surface area contributed by atoms with Gasteiger partial charge in [-0.05, 0) is 94.6 Å². The summed E-state index contributed by atoms with van der Waals surface area (Å²) in [4.78, 5) is 0. The Labute approximate surface area is 334 Å². The van der Waals surface area contributed by atoms with Crippen molar-refractivity contribution in [2.75, 3.05) is 0 Å². The molecular weight excluding hydrogens is 689 g/mol. The smallest absolute Gasteiger partial charge is 0.0569 e. The molecular formula is C55H44N2. The molecule has 8 aromatic rings. The van der Waals surface area contributed by atoms with E-state index in [-0.39, 0.29) is 17.4 Å². The molecule has 0 N–H and O–H groups in total. The fraction of sp³-hybridized carbons (Fsp3) is 0.127. The first-order chi connectivity index (χ1) is 28.1. The van der Waals surface area contributed by atoms with Gasteiger partial charge in [-0.3, -0.25) is 0 Å². The Hall–Kier alpha value is -6.64. The van der Waals surface area contributed by atoms with Crippen LogP contribution < -0.4 is 0 Å². The lowest BCUT2D eigenvalue weighted by molar-refractivity contribution is 0.511. The summed E-state index contributed by atoms with van der Waals surface area (Å²) < 4.78 is 5.08. The van der Waals surface area contributed by atoms with E-state index in [1.807, 2.05) is 0 Å². The van der Waals surface area contributed by atoms with Gasteiger partial charge in [-0.15, -0.1) is 0 Å². The average molecular weight is 733 g/mol. The molecule has 274 valence electrons. The van der Waals surface area contributed by atoms with Crippen LogP contribution in [0.3, 0.4) is 0 Å². The van der Waals surface area contributed by atoms with Crippen molar-refractivity contribution >= 4 is 44.4 Å². The van der Waals surface area contributed by atoms with Crippen LogP contribution >= 0.6 is 0 Å². The molecule has 2 heterocycles. The first-order valence-corrected chi connectivity index (χ1v) is 20.4. The number of para-hydroxylation sites is 3. The molecule has 3 aliphatic carbocycles. The van der Waals surface area contributed by atoms with Crippen molar-refractivity contribution in [2.24, 2.45) is 5.41 Å². The maximum absolute atomic E-state index is 2.66. The Kier molecular flexibility index (Phi) is 8.00. The lowest BCUT2D eigenvalue weighted by atomic mass is 9.73. The van der Waals surface area contributed by atoms with Gasteiger partial charge in [-0.25, -0.2) is 0 Å². The molecule has 0 saturated heterocycles. The molecule has 2 aromatic heterocycles. The minimum Gasteiger partial charge on any atom is -0.333 e. The maximum atomic E-state index is 2.66. The summed E-state index contributed by atoms with van der Waals surface area (Å²) in [5.74, 6) is 0.237. The highest BCUT2D eigenvalue weighted by Crippen LogP contribution is 2.48. The largest absolute Gasteiger partial charge is 0.333 e. The van der Waals surface area contributed by atoms with E-state index in [2.05, 4.69) is 216 Å². The Morgan fingerprint density at radius 3 is 2.14 bits per heavy atom. The van der Waals surface area contributed by atoms with Crippen LogP contribution in [0.2, 0.25) is 0 Å². The zero-order valence-corrected chi connectivity index (χ0v) is 32.2. The molecule has 3 atom stereocenters. The van der Waals surface area contributed by atoms with E-state index < -0.39 is 0 Å². The van der Waals surface area contributed by atoms with Gasteiger partial charge < -0.3 is 9.13 Å². The second-order valence-corrected chi connectivity index (χ2v) is 16.2. The molecule has 2 heteroatoms. The van der Waals surface area contributed by atoms with Gasteiger partial charge in [-0.2, -0.15) is 0 Å². The molecule has 2 unspecified atom stereocenters. The van der Waals surface area contributed by atoms with Crippen LogP contribution in [0.15, 0.2) is 200 Å². The molecule has 2 nitrogen and oxygen atoms in total. The number of hydrogen-bond acceptors (Lipinski definition) is 0. The number of benzene rings is 6. The number of rotatable bonds is 6. The van der Waals surface area contributed by atoms with Gasteiger partial charge in [0.15, 0.2) is 0 Å². The summed E-state index contributed by atoms with van der Waals surface area (Å²) in [6.07, 6.45) is 22.0. The van der Waals surface area contributed by atoms with Crippen molar-refractivity contribution in [3.05, 3.63) is 222 Å². The van der Waals surface area contributed by atoms with E-state index in [9.17, 15) is 0 Å². The fourth-order valence-electron chi connectivity index (χ4n) is 10.1. The van der Waals surface area contributed by atoms with E-state index in [1.165, 1.54) is 83.1 Å². The van der Waals surface area contributed by atoms with E-state index in [0.717, 1.165) is 19.3 Å². The molecule has 6 aromatic carbocycles. The van der Waals surface area contributed by atoms with Crippen molar-refractivity contribution in [1.82, 2.24) is 9.13 Å². The highest BCUT2D eigenvalue weighted by atomic mass is 15.0. The highest BCUT2D eigenvalue weighted by Gasteiger charge is 2.32. The molecule has 0 fully saturated rings. The van der Waals surface area contributed by atoms with Gasteiger partial charge in [0, 0.05) is 44.4 Å². The molecule has 0 bridgehead atoms. The SMILES string of the molecule is CC1(C2=CC(n3c4c(c5ccccc53)C[C@H](c3ccccc3-c3cccc5c3c3ccccc3n5-c3ccccc3)C=C4)CC(c3ccccc3)=C2)C=CC=CC1. The number of aromatic nitrogens is 2. The third-order valence-electron chi connectivity index (χ3n) is 12.8. The minimum atomic E-state index is -0.0443. The zero-order chi connectivity index (χ0) is 37.9. The second kappa shape index (κ2) is 13.5. The summed E-state index contributed by atoms with van der Waals surface area (Å²) >= 11 is 0. The number of allylic oxidation sites excluding steroid dienone is 9. The van der Waals surface area contributed by atoms with Crippen molar-refractivity contribution < 1.29 is 0 Å². The predicted molar refractivity (Wildman–Crippen MR) is 241 cm³/mol. The molecule has 3 aliphatic rings. The molecule has 0 radical (unpaired) electrons. The Morgan fingerprint density at radius 2 is 1.32 bits per heavy atom. The van der Waals surface area contributed by atoms with Gasteiger partial charge in [0.1, 0.15) is 0 Å². The summed E-state index contributed by atoms with van der Waals surface area (Å²) in [6, 6.07) is 55.9. The lowest BCUT2D eigenvalue weighted by Gasteiger charge is -2.34.